The summed E-state index contributed by atoms with van der Waals surface area (Å²) in [6.45, 7) is 13.9. The third-order valence-corrected chi connectivity index (χ3v) is 7.33. The Morgan fingerprint density at radius 3 is 2.48 bits per heavy atom. The Balaban J connectivity index is 1.90. The van der Waals surface area contributed by atoms with E-state index in [9.17, 15) is 14.4 Å². The number of nitrogens with zero attached hydrogens (tertiary/aromatic N) is 5. The molecule has 11 nitrogen and oxygen atoms in total. The van der Waals surface area contributed by atoms with Gasteiger partial charge in [-0.1, -0.05) is 13.8 Å². The van der Waals surface area contributed by atoms with Crippen molar-refractivity contribution < 1.29 is 28.6 Å². The van der Waals surface area contributed by atoms with Gasteiger partial charge >= 0.3 is 6.09 Å². The summed E-state index contributed by atoms with van der Waals surface area (Å²) in [5.74, 6) is -0.161. The van der Waals surface area contributed by atoms with Crippen molar-refractivity contribution in [2.45, 2.75) is 72.1 Å². The number of unbranched alkanes of at least 4 members (excludes halogenated alkanes) is 1. The van der Waals surface area contributed by atoms with Crippen molar-refractivity contribution in [2.75, 3.05) is 59.7 Å². The number of morpholine rings is 1. The minimum Gasteiger partial charge on any atom is -0.444 e. The quantitative estimate of drug-likeness (QED) is 0.364. The summed E-state index contributed by atoms with van der Waals surface area (Å²) in [7, 11) is 1.67. The highest BCUT2D eigenvalue weighted by molar-refractivity contribution is 9.10. The van der Waals surface area contributed by atoms with Gasteiger partial charge in [0.05, 0.1) is 25.2 Å². The highest BCUT2D eigenvalue weighted by Gasteiger charge is 2.41. The van der Waals surface area contributed by atoms with Crippen LogP contribution in [0.2, 0.25) is 0 Å². The summed E-state index contributed by atoms with van der Waals surface area (Å²) in [6, 6.07) is -0.372. The van der Waals surface area contributed by atoms with E-state index in [1.54, 1.807) is 16.9 Å². The van der Waals surface area contributed by atoms with E-state index in [1.165, 1.54) is 0 Å². The molecule has 2 aliphatic rings. The molecule has 2 fully saturated rings. The van der Waals surface area contributed by atoms with Crippen molar-refractivity contribution >= 4 is 33.8 Å². The number of aromatic nitrogens is 2. The zero-order chi connectivity index (χ0) is 29.4. The summed E-state index contributed by atoms with van der Waals surface area (Å²) < 4.78 is 18.8. The summed E-state index contributed by atoms with van der Waals surface area (Å²) in [6.07, 6.45) is 3.52. The molecule has 2 saturated heterocycles. The van der Waals surface area contributed by atoms with Crippen LogP contribution in [0.3, 0.4) is 0 Å². The molecule has 0 bridgehead atoms. The number of hydrogen-bond acceptors (Lipinski definition) is 7. The maximum atomic E-state index is 14.1. The van der Waals surface area contributed by atoms with Gasteiger partial charge in [-0.15, -0.1) is 0 Å². The monoisotopic (exact) mass is 627 g/mol. The van der Waals surface area contributed by atoms with E-state index in [0.29, 0.717) is 62.8 Å². The number of carbonyl (C=O) groups excluding carboxylic acids is 3. The Kier molecular flexibility index (Phi) is 11.8. The predicted molar refractivity (Wildman–Crippen MR) is 154 cm³/mol. The number of ether oxygens (including phenoxy) is 3. The SMILES string of the molecule is COCCCCn1cc(Br)nc1C(=O)N(CC(C)C)[C@H]1C[C@@H](C(=O)N2CCOCC2)CN(C(=O)OC(C)(C)C)C1. The molecular weight excluding hydrogens is 582 g/mol. The van der Waals surface area contributed by atoms with Gasteiger partial charge in [-0.05, 0) is 61.9 Å². The molecule has 3 amide bonds. The van der Waals surface area contributed by atoms with E-state index in [2.05, 4.69) is 34.8 Å². The minimum absolute atomic E-state index is 0.0131. The molecule has 2 atom stereocenters. The van der Waals surface area contributed by atoms with Crippen molar-refractivity contribution in [1.29, 1.82) is 0 Å². The van der Waals surface area contributed by atoms with Gasteiger partial charge < -0.3 is 33.5 Å². The minimum atomic E-state index is -0.680. The highest BCUT2D eigenvalue weighted by atomic mass is 79.9. The van der Waals surface area contributed by atoms with Crippen molar-refractivity contribution in [2.24, 2.45) is 11.8 Å². The number of methoxy groups -OCH3 is 1. The molecule has 3 heterocycles. The molecule has 0 aromatic carbocycles. The summed E-state index contributed by atoms with van der Waals surface area (Å²) in [5, 5.41) is 0. The van der Waals surface area contributed by atoms with Gasteiger partial charge in [-0.2, -0.15) is 0 Å². The number of imidazole rings is 1. The smallest absolute Gasteiger partial charge is 0.410 e. The van der Waals surface area contributed by atoms with Crippen LogP contribution in [0.15, 0.2) is 10.8 Å². The van der Waals surface area contributed by atoms with Crippen LogP contribution < -0.4 is 0 Å². The Morgan fingerprint density at radius 2 is 1.85 bits per heavy atom. The fraction of sp³-hybridized carbons (Fsp3) is 0.786. The third-order valence-electron chi connectivity index (χ3n) is 6.95. The first kappa shape index (κ1) is 32.3. The maximum absolute atomic E-state index is 14.1. The lowest BCUT2D eigenvalue weighted by Gasteiger charge is -2.44. The first-order chi connectivity index (χ1) is 18.9. The standard InChI is InChI=1S/C28H46BrN5O6/c1-20(2)16-34(26(36)24-30-23(29)19-32(24)9-7-8-12-38-6)22-15-21(25(35)31-10-13-39-14-11-31)17-33(18-22)27(37)40-28(3,4)5/h19-22H,7-18H2,1-6H3/t21-,22+/m1/s1. The molecule has 0 N–H and O–H groups in total. The van der Waals surface area contributed by atoms with Crippen LogP contribution in [0, 0.1) is 11.8 Å². The number of carbonyl (C=O) groups is 3. The zero-order valence-corrected chi connectivity index (χ0v) is 26.4. The lowest BCUT2D eigenvalue weighted by Crippen LogP contribution is -2.58. The fourth-order valence-corrected chi connectivity index (χ4v) is 5.58. The van der Waals surface area contributed by atoms with Crippen LogP contribution >= 0.6 is 15.9 Å². The number of likely N-dealkylation sites (tertiary alicyclic amines) is 1. The molecule has 0 spiro atoms. The Labute approximate surface area is 246 Å². The van der Waals surface area contributed by atoms with Gasteiger partial charge in [-0.25, -0.2) is 9.78 Å². The first-order valence-electron chi connectivity index (χ1n) is 14.3. The van der Waals surface area contributed by atoms with Crippen LogP contribution in [0.5, 0.6) is 0 Å². The molecule has 0 radical (unpaired) electrons. The number of amides is 3. The highest BCUT2D eigenvalue weighted by Crippen LogP contribution is 2.27. The maximum Gasteiger partial charge on any atom is 0.410 e. The topological polar surface area (TPSA) is 106 Å². The molecule has 2 aliphatic heterocycles. The van der Waals surface area contributed by atoms with Crippen molar-refractivity contribution in [1.82, 2.24) is 24.3 Å². The summed E-state index contributed by atoms with van der Waals surface area (Å²) >= 11 is 3.44. The largest absolute Gasteiger partial charge is 0.444 e. The van der Waals surface area contributed by atoms with Crippen LogP contribution in [0.25, 0.3) is 0 Å². The molecule has 1 aromatic heterocycles. The Morgan fingerprint density at radius 1 is 1.15 bits per heavy atom. The summed E-state index contributed by atoms with van der Waals surface area (Å²) in [5.41, 5.74) is -0.680. The molecule has 12 heteroatoms. The average molecular weight is 629 g/mol. The lowest BCUT2D eigenvalue weighted by molar-refractivity contribution is -0.142. The van der Waals surface area contributed by atoms with Crippen LogP contribution in [-0.4, -0.2) is 113 Å². The molecule has 1 aromatic rings. The van der Waals surface area contributed by atoms with Crippen LogP contribution in [0.4, 0.5) is 4.79 Å². The third kappa shape index (κ3) is 9.17. The molecule has 0 unspecified atom stereocenters. The van der Waals surface area contributed by atoms with Gasteiger partial charge in [0.2, 0.25) is 5.91 Å². The van der Waals surface area contributed by atoms with Gasteiger partial charge in [0.15, 0.2) is 5.82 Å². The molecule has 3 rings (SSSR count). The van der Waals surface area contributed by atoms with E-state index in [1.807, 2.05) is 36.4 Å². The second-order valence-corrected chi connectivity index (χ2v) is 12.9. The number of aryl methyl sites for hydroxylation is 1. The van der Waals surface area contributed by atoms with E-state index < -0.39 is 17.6 Å². The molecule has 40 heavy (non-hydrogen) atoms. The fourth-order valence-electron chi connectivity index (χ4n) is 5.17. The second kappa shape index (κ2) is 14.6. The van der Waals surface area contributed by atoms with Gasteiger partial charge in [0.1, 0.15) is 10.2 Å². The van der Waals surface area contributed by atoms with Gasteiger partial charge in [0, 0.05) is 59.2 Å². The molecule has 0 saturated carbocycles. The van der Waals surface area contributed by atoms with E-state index in [-0.39, 0.29) is 36.9 Å². The molecular formula is C28H46BrN5O6. The summed E-state index contributed by atoms with van der Waals surface area (Å²) in [4.78, 5) is 50.7. The van der Waals surface area contributed by atoms with Crippen molar-refractivity contribution in [3.05, 3.63) is 16.6 Å². The number of rotatable bonds is 10. The normalized spacial score (nSPS) is 20.1. The number of hydrogen-bond donors (Lipinski definition) is 0. The molecule has 0 aliphatic carbocycles. The van der Waals surface area contributed by atoms with Gasteiger partial charge in [0.25, 0.3) is 5.91 Å². The van der Waals surface area contributed by atoms with E-state index in [0.717, 1.165) is 12.8 Å². The second-order valence-electron chi connectivity index (χ2n) is 12.0. The zero-order valence-electron chi connectivity index (χ0n) is 24.9. The van der Waals surface area contributed by atoms with Crippen LogP contribution in [0.1, 0.15) is 64.5 Å². The van der Waals surface area contributed by atoms with E-state index in [4.69, 9.17) is 14.2 Å². The van der Waals surface area contributed by atoms with Crippen molar-refractivity contribution in [3.8, 4) is 0 Å². The molecule has 226 valence electrons. The Hall–Kier alpha value is -2.18. The Bertz CT molecular complexity index is 1000. The number of piperidine rings is 1. The lowest BCUT2D eigenvalue weighted by atomic mass is 9.91. The van der Waals surface area contributed by atoms with E-state index >= 15 is 0 Å². The number of halogens is 1. The first-order valence-corrected chi connectivity index (χ1v) is 15.1. The van der Waals surface area contributed by atoms with Crippen LogP contribution in [-0.2, 0) is 25.5 Å². The average Bonchev–Trinajstić information content (AvgIpc) is 3.28. The van der Waals surface area contributed by atoms with Gasteiger partial charge in [-0.3, -0.25) is 9.59 Å². The predicted octanol–water partition coefficient (Wildman–Crippen LogP) is 3.65. The van der Waals surface area contributed by atoms with Crippen molar-refractivity contribution in [3.63, 3.8) is 0 Å².